The van der Waals surface area contributed by atoms with Gasteiger partial charge < -0.3 is 9.64 Å². The average molecular weight is 433 g/mol. The van der Waals surface area contributed by atoms with Crippen LogP contribution in [0.3, 0.4) is 0 Å². The standard InChI is InChI=1S/C24H24N4O2S/c1-30-19-9-7-18(8-10-19)20-16-31-22-21(20)25-24(26-23(22)29)28-13-11-27(12-14-28)15-17-5-3-2-4-6-17/h2-10,16H,11-15H2,1H3,(H,25,26,29). The van der Waals surface area contributed by atoms with Crippen LogP contribution < -0.4 is 15.2 Å². The predicted octanol–water partition coefficient (Wildman–Crippen LogP) is 3.98. The lowest BCUT2D eigenvalue weighted by molar-refractivity contribution is 0.248. The van der Waals surface area contributed by atoms with Crippen LogP contribution in [-0.4, -0.2) is 48.2 Å². The molecule has 0 aliphatic carbocycles. The van der Waals surface area contributed by atoms with Crippen LogP contribution in [0.15, 0.2) is 64.8 Å². The quantitative estimate of drug-likeness (QED) is 0.517. The minimum absolute atomic E-state index is 0.0727. The summed E-state index contributed by atoms with van der Waals surface area (Å²) in [4.78, 5) is 25.2. The first kappa shape index (κ1) is 19.8. The van der Waals surface area contributed by atoms with E-state index in [1.165, 1.54) is 16.9 Å². The van der Waals surface area contributed by atoms with E-state index in [0.717, 1.165) is 55.1 Å². The van der Waals surface area contributed by atoms with E-state index in [9.17, 15) is 4.79 Å². The van der Waals surface area contributed by atoms with E-state index in [0.29, 0.717) is 10.6 Å². The number of benzene rings is 2. The van der Waals surface area contributed by atoms with E-state index >= 15 is 0 Å². The van der Waals surface area contributed by atoms with Crippen LogP contribution in [-0.2, 0) is 6.54 Å². The second kappa shape index (κ2) is 8.53. The van der Waals surface area contributed by atoms with Crippen molar-refractivity contribution in [3.05, 3.63) is 75.9 Å². The van der Waals surface area contributed by atoms with Crippen LogP contribution in [0.25, 0.3) is 21.3 Å². The number of ether oxygens (including phenoxy) is 1. The summed E-state index contributed by atoms with van der Waals surface area (Å²) in [5.41, 5.74) is 4.03. The summed E-state index contributed by atoms with van der Waals surface area (Å²) in [5, 5.41) is 2.01. The number of anilines is 1. The Hall–Kier alpha value is -3.16. The van der Waals surface area contributed by atoms with E-state index in [1.54, 1.807) is 7.11 Å². The van der Waals surface area contributed by atoms with E-state index < -0.39 is 0 Å². The zero-order valence-corrected chi connectivity index (χ0v) is 18.2. The number of nitrogens with one attached hydrogen (secondary N) is 1. The lowest BCUT2D eigenvalue weighted by Crippen LogP contribution is -2.46. The van der Waals surface area contributed by atoms with Crippen molar-refractivity contribution in [1.82, 2.24) is 14.9 Å². The molecule has 0 atom stereocenters. The van der Waals surface area contributed by atoms with Gasteiger partial charge in [0.05, 0.1) is 12.6 Å². The number of fused-ring (bicyclic) bond motifs is 1. The second-order valence-corrected chi connectivity index (χ2v) is 8.57. The molecule has 0 unspecified atom stereocenters. The molecule has 0 spiro atoms. The predicted molar refractivity (Wildman–Crippen MR) is 126 cm³/mol. The molecule has 31 heavy (non-hydrogen) atoms. The van der Waals surface area contributed by atoms with Crippen molar-refractivity contribution in [2.75, 3.05) is 38.2 Å². The maximum Gasteiger partial charge on any atom is 0.270 e. The molecule has 158 valence electrons. The van der Waals surface area contributed by atoms with Gasteiger partial charge in [-0.3, -0.25) is 14.7 Å². The Morgan fingerprint density at radius 3 is 2.48 bits per heavy atom. The minimum Gasteiger partial charge on any atom is -0.497 e. The van der Waals surface area contributed by atoms with Gasteiger partial charge in [0.1, 0.15) is 10.4 Å². The molecule has 3 heterocycles. The lowest BCUT2D eigenvalue weighted by Gasteiger charge is -2.35. The summed E-state index contributed by atoms with van der Waals surface area (Å²) >= 11 is 1.44. The molecule has 7 heteroatoms. The Labute approximate surface area is 184 Å². The molecule has 1 saturated heterocycles. The number of thiophene rings is 1. The number of hydrogen-bond acceptors (Lipinski definition) is 6. The third kappa shape index (κ3) is 4.06. The lowest BCUT2D eigenvalue weighted by atomic mass is 10.1. The van der Waals surface area contributed by atoms with Gasteiger partial charge in [-0.2, -0.15) is 0 Å². The van der Waals surface area contributed by atoms with Crippen molar-refractivity contribution < 1.29 is 4.74 Å². The van der Waals surface area contributed by atoms with Crippen molar-refractivity contribution in [2.45, 2.75) is 6.54 Å². The Kier molecular flexibility index (Phi) is 5.44. The van der Waals surface area contributed by atoms with Gasteiger partial charge in [0.15, 0.2) is 0 Å². The Bertz CT molecular complexity index is 1230. The van der Waals surface area contributed by atoms with Gasteiger partial charge in [-0.15, -0.1) is 11.3 Å². The Balaban J connectivity index is 1.37. The van der Waals surface area contributed by atoms with E-state index in [4.69, 9.17) is 9.72 Å². The van der Waals surface area contributed by atoms with Gasteiger partial charge in [-0.1, -0.05) is 42.5 Å². The number of piperazine rings is 1. The van der Waals surface area contributed by atoms with Crippen LogP contribution in [0.2, 0.25) is 0 Å². The third-order valence-electron chi connectivity index (χ3n) is 5.74. The Morgan fingerprint density at radius 2 is 1.77 bits per heavy atom. The summed E-state index contributed by atoms with van der Waals surface area (Å²) in [6, 6.07) is 18.4. The first-order valence-electron chi connectivity index (χ1n) is 10.4. The summed E-state index contributed by atoms with van der Waals surface area (Å²) < 4.78 is 5.92. The highest BCUT2D eigenvalue weighted by molar-refractivity contribution is 7.17. The molecule has 1 aliphatic heterocycles. The van der Waals surface area contributed by atoms with Gasteiger partial charge in [0.25, 0.3) is 5.56 Å². The fourth-order valence-corrected chi connectivity index (χ4v) is 4.91. The van der Waals surface area contributed by atoms with Crippen molar-refractivity contribution in [3.63, 3.8) is 0 Å². The number of nitrogens with zero attached hydrogens (tertiary/aromatic N) is 3. The monoisotopic (exact) mass is 432 g/mol. The topological polar surface area (TPSA) is 61.5 Å². The smallest absolute Gasteiger partial charge is 0.270 e. The number of aromatic nitrogens is 2. The zero-order valence-electron chi connectivity index (χ0n) is 17.4. The molecule has 2 aromatic heterocycles. The first-order chi connectivity index (χ1) is 15.2. The first-order valence-corrected chi connectivity index (χ1v) is 11.3. The van der Waals surface area contributed by atoms with Crippen LogP contribution in [0.4, 0.5) is 5.95 Å². The molecule has 2 aromatic carbocycles. The van der Waals surface area contributed by atoms with E-state index in [-0.39, 0.29) is 5.56 Å². The number of rotatable bonds is 5. The Morgan fingerprint density at radius 1 is 1.03 bits per heavy atom. The fourth-order valence-electron chi connectivity index (χ4n) is 4.00. The van der Waals surface area contributed by atoms with Crippen LogP contribution in [0, 0.1) is 0 Å². The zero-order chi connectivity index (χ0) is 21.2. The largest absolute Gasteiger partial charge is 0.497 e. The van der Waals surface area contributed by atoms with Gasteiger partial charge in [0, 0.05) is 43.7 Å². The molecule has 0 radical (unpaired) electrons. The number of H-pyrrole nitrogens is 1. The minimum atomic E-state index is -0.0727. The normalized spacial score (nSPS) is 14.8. The number of aromatic amines is 1. The highest BCUT2D eigenvalue weighted by Crippen LogP contribution is 2.32. The molecule has 1 N–H and O–H groups in total. The van der Waals surface area contributed by atoms with Crippen molar-refractivity contribution >= 4 is 27.5 Å². The summed E-state index contributed by atoms with van der Waals surface area (Å²) in [6.45, 7) is 4.49. The number of methoxy groups -OCH3 is 1. The van der Waals surface area contributed by atoms with Crippen LogP contribution in [0.1, 0.15) is 5.56 Å². The molecule has 0 bridgehead atoms. The molecule has 4 aromatic rings. The average Bonchev–Trinajstić information content (AvgIpc) is 3.25. The fraction of sp³-hybridized carbons (Fsp3) is 0.250. The van der Waals surface area contributed by atoms with E-state index in [2.05, 4.69) is 39.0 Å². The molecule has 1 aliphatic rings. The molecule has 0 amide bonds. The SMILES string of the molecule is COc1ccc(-c2csc3c(=O)[nH]c(N4CCN(Cc5ccccc5)CC4)nc23)cc1. The highest BCUT2D eigenvalue weighted by Gasteiger charge is 2.21. The maximum atomic E-state index is 12.8. The highest BCUT2D eigenvalue weighted by atomic mass is 32.1. The molecule has 5 rings (SSSR count). The molecular formula is C24H24N4O2S. The summed E-state index contributed by atoms with van der Waals surface area (Å²) in [6.07, 6.45) is 0. The summed E-state index contributed by atoms with van der Waals surface area (Å²) in [7, 11) is 1.65. The van der Waals surface area contributed by atoms with Crippen molar-refractivity contribution in [1.29, 1.82) is 0 Å². The van der Waals surface area contributed by atoms with Crippen LogP contribution in [0.5, 0.6) is 5.75 Å². The molecule has 0 saturated carbocycles. The van der Waals surface area contributed by atoms with Gasteiger partial charge in [0.2, 0.25) is 5.95 Å². The van der Waals surface area contributed by atoms with Crippen molar-refractivity contribution in [3.8, 4) is 16.9 Å². The molecule has 6 nitrogen and oxygen atoms in total. The second-order valence-electron chi connectivity index (χ2n) is 7.69. The van der Waals surface area contributed by atoms with Gasteiger partial charge in [-0.05, 0) is 23.3 Å². The summed E-state index contributed by atoms with van der Waals surface area (Å²) in [5.74, 6) is 1.47. The van der Waals surface area contributed by atoms with Gasteiger partial charge >= 0.3 is 0 Å². The van der Waals surface area contributed by atoms with Crippen molar-refractivity contribution in [2.24, 2.45) is 0 Å². The third-order valence-corrected chi connectivity index (χ3v) is 6.70. The van der Waals surface area contributed by atoms with Gasteiger partial charge in [-0.25, -0.2) is 4.98 Å². The van der Waals surface area contributed by atoms with E-state index in [1.807, 2.05) is 35.7 Å². The molecular weight excluding hydrogens is 408 g/mol. The number of hydrogen-bond donors (Lipinski definition) is 1. The molecule has 1 fully saturated rings. The maximum absolute atomic E-state index is 12.8. The van der Waals surface area contributed by atoms with Crippen LogP contribution >= 0.6 is 11.3 Å².